The van der Waals surface area contributed by atoms with Crippen LogP contribution in [0.4, 0.5) is 18.3 Å². The number of aromatic nitrogens is 1. The van der Waals surface area contributed by atoms with Crippen molar-refractivity contribution in [2.45, 2.75) is 26.2 Å². The molecule has 1 N–H and O–H groups in total. The summed E-state index contributed by atoms with van der Waals surface area (Å²) in [4.78, 5) is 17.2. The highest BCUT2D eigenvalue weighted by molar-refractivity contribution is 7.13. The Labute approximate surface area is 136 Å². The molecule has 2 rings (SSSR count). The highest BCUT2D eigenvalue weighted by atomic mass is 32.1. The number of amides is 1. The lowest BCUT2D eigenvalue weighted by molar-refractivity contribution is -0.137. The molecule has 8 heteroatoms. The summed E-state index contributed by atoms with van der Waals surface area (Å²) in [5.74, 6) is -0.177. The second-order valence-electron chi connectivity index (χ2n) is 5.19. The maximum Gasteiger partial charge on any atom is 0.416 e. The molecule has 0 spiro atoms. The number of anilines is 1. The van der Waals surface area contributed by atoms with Gasteiger partial charge in [-0.15, -0.1) is 11.3 Å². The fourth-order valence-electron chi connectivity index (χ4n) is 2.03. The molecule has 0 saturated carbocycles. The van der Waals surface area contributed by atoms with Crippen molar-refractivity contribution >= 4 is 22.4 Å². The van der Waals surface area contributed by atoms with Crippen LogP contribution in [-0.4, -0.2) is 22.8 Å². The maximum atomic E-state index is 12.5. The van der Waals surface area contributed by atoms with Crippen LogP contribution in [0.5, 0.6) is 0 Å². The fraction of sp³-hybridized carbons (Fsp3) is 0.333. The van der Waals surface area contributed by atoms with Crippen molar-refractivity contribution in [3.63, 3.8) is 0 Å². The number of rotatable bonds is 5. The summed E-state index contributed by atoms with van der Waals surface area (Å²) >= 11 is 1.34. The van der Waals surface area contributed by atoms with Crippen LogP contribution in [-0.2, 0) is 24.1 Å². The van der Waals surface area contributed by atoms with Gasteiger partial charge in [0.05, 0.1) is 11.3 Å². The molecule has 0 fully saturated rings. The van der Waals surface area contributed by atoms with Crippen LogP contribution in [0.2, 0.25) is 0 Å². The lowest BCUT2D eigenvalue weighted by atomic mass is 10.1. The summed E-state index contributed by atoms with van der Waals surface area (Å²) in [5, 5.41) is 4.99. The van der Waals surface area contributed by atoms with Crippen molar-refractivity contribution in [1.82, 2.24) is 9.88 Å². The molecular formula is C15H16F3N3OS. The fourth-order valence-corrected chi connectivity index (χ4v) is 2.78. The predicted octanol–water partition coefficient (Wildman–Crippen LogP) is 3.75. The number of nitrogens with one attached hydrogen (secondary N) is 1. The topological polar surface area (TPSA) is 45.2 Å². The molecule has 0 aliphatic carbocycles. The van der Waals surface area contributed by atoms with Crippen molar-refractivity contribution in [2.75, 3.05) is 12.4 Å². The van der Waals surface area contributed by atoms with Gasteiger partial charge in [-0.3, -0.25) is 9.69 Å². The number of carbonyl (C=O) groups excluding carboxylic acids is 1. The number of alkyl halides is 3. The smallest absolute Gasteiger partial charge is 0.302 e. The van der Waals surface area contributed by atoms with E-state index >= 15 is 0 Å². The van der Waals surface area contributed by atoms with Crippen molar-refractivity contribution in [1.29, 1.82) is 0 Å². The van der Waals surface area contributed by atoms with E-state index in [0.717, 1.165) is 23.4 Å². The third-order valence-electron chi connectivity index (χ3n) is 3.00. The van der Waals surface area contributed by atoms with Crippen molar-refractivity contribution in [3.05, 3.63) is 46.5 Å². The standard InChI is InChI=1S/C15H16F3N3OS/c1-10(22)19-14-20-13(9-23-14)8-21(2)7-11-3-5-12(6-4-11)15(16,17)18/h3-6,9H,7-8H2,1-2H3,(H,19,20,22). The quantitative estimate of drug-likeness (QED) is 0.899. The largest absolute Gasteiger partial charge is 0.416 e. The zero-order valence-corrected chi connectivity index (χ0v) is 13.5. The van der Waals surface area contributed by atoms with E-state index in [0.29, 0.717) is 18.2 Å². The van der Waals surface area contributed by atoms with Gasteiger partial charge in [0.1, 0.15) is 0 Å². The van der Waals surface area contributed by atoms with Gasteiger partial charge >= 0.3 is 6.18 Å². The van der Waals surface area contributed by atoms with Gasteiger partial charge in [0.25, 0.3) is 0 Å². The van der Waals surface area contributed by atoms with E-state index in [1.54, 1.807) is 0 Å². The maximum absolute atomic E-state index is 12.5. The minimum absolute atomic E-state index is 0.177. The van der Waals surface area contributed by atoms with E-state index in [-0.39, 0.29) is 5.91 Å². The van der Waals surface area contributed by atoms with E-state index in [4.69, 9.17) is 0 Å². The molecule has 0 aliphatic heterocycles. The first-order valence-electron chi connectivity index (χ1n) is 6.80. The summed E-state index contributed by atoms with van der Waals surface area (Å²) in [7, 11) is 1.86. The third-order valence-corrected chi connectivity index (χ3v) is 3.81. The van der Waals surface area contributed by atoms with Crippen molar-refractivity contribution in [2.24, 2.45) is 0 Å². The van der Waals surface area contributed by atoms with Gasteiger partial charge in [0.15, 0.2) is 5.13 Å². The van der Waals surface area contributed by atoms with E-state index < -0.39 is 11.7 Å². The third kappa shape index (κ3) is 5.33. The lowest BCUT2D eigenvalue weighted by Gasteiger charge is -2.16. The zero-order chi connectivity index (χ0) is 17.0. The van der Waals surface area contributed by atoms with Gasteiger partial charge < -0.3 is 5.32 Å². The van der Waals surface area contributed by atoms with E-state index in [1.165, 1.54) is 30.4 Å². The Bertz CT molecular complexity index is 667. The normalized spacial score (nSPS) is 11.7. The molecule has 0 bridgehead atoms. The number of carbonyl (C=O) groups is 1. The summed E-state index contributed by atoms with van der Waals surface area (Å²) in [6.45, 7) is 2.46. The van der Waals surface area contributed by atoms with E-state index in [1.807, 2.05) is 17.3 Å². The Morgan fingerprint density at radius 1 is 1.26 bits per heavy atom. The van der Waals surface area contributed by atoms with Gasteiger partial charge in [-0.05, 0) is 24.7 Å². The van der Waals surface area contributed by atoms with Crippen LogP contribution in [0.15, 0.2) is 29.6 Å². The van der Waals surface area contributed by atoms with Gasteiger partial charge in [0.2, 0.25) is 5.91 Å². The van der Waals surface area contributed by atoms with Crippen LogP contribution < -0.4 is 5.32 Å². The first kappa shape index (κ1) is 17.4. The Hall–Kier alpha value is -1.93. The predicted molar refractivity (Wildman–Crippen MR) is 83.0 cm³/mol. The van der Waals surface area contributed by atoms with Gasteiger partial charge in [-0.2, -0.15) is 13.2 Å². The molecule has 0 radical (unpaired) electrons. The van der Waals surface area contributed by atoms with Crippen LogP contribution in [0.3, 0.4) is 0 Å². The highest BCUT2D eigenvalue weighted by Gasteiger charge is 2.29. The number of benzene rings is 1. The first-order valence-corrected chi connectivity index (χ1v) is 7.68. The minimum atomic E-state index is -4.31. The first-order chi connectivity index (χ1) is 10.7. The molecule has 4 nitrogen and oxygen atoms in total. The molecule has 1 heterocycles. The number of nitrogens with zero attached hydrogens (tertiary/aromatic N) is 2. The number of hydrogen-bond donors (Lipinski definition) is 1. The number of halogens is 3. The van der Waals surface area contributed by atoms with Gasteiger partial charge in [-0.1, -0.05) is 12.1 Å². The molecule has 0 aliphatic rings. The Balaban J connectivity index is 1.93. The van der Waals surface area contributed by atoms with Crippen LogP contribution in [0, 0.1) is 0 Å². The Morgan fingerprint density at radius 3 is 2.48 bits per heavy atom. The molecule has 0 saturated heterocycles. The van der Waals surface area contributed by atoms with Crippen LogP contribution >= 0.6 is 11.3 Å². The number of thiazole rings is 1. The molecule has 2 aromatic rings. The molecule has 124 valence electrons. The second kappa shape index (κ2) is 7.10. The number of hydrogen-bond acceptors (Lipinski definition) is 4. The van der Waals surface area contributed by atoms with Crippen molar-refractivity contribution in [3.8, 4) is 0 Å². The van der Waals surface area contributed by atoms with Crippen LogP contribution in [0.25, 0.3) is 0 Å². The molecule has 1 amide bonds. The summed E-state index contributed by atoms with van der Waals surface area (Å²) in [6, 6.07) is 5.12. The second-order valence-corrected chi connectivity index (χ2v) is 6.05. The van der Waals surface area contributed by atoms with Crippen LogP contribution in [0.1, 0.15) is 23.7 Å². The van der Waals surface area contributed by atoms with E-state index in [9.17, 15) is 18.0 Å². The minimum Gasteiger partial charge on any atom is -0.302 e. The highest BCUT2D eigenvalue weighted by Crippen LogP contribution is 2.29. The average Bonchev–Trinajstić information content (AvgIpc) is 2.84. The summed E-state index contributed by atoms with van der Waals surface area (Å²) in [5.41, 5.74) is 0.939. The van der Waals surface area contributed by atoms with Gasteiger partial charge in [-0.25, -0.2) is 4.98 Å². The van der Waals surface area contributed by atoms with Gasteiger partial charge in [0, 0.05) is 25.4 Å². The summed E-state index contributed by atoms with van der Waals surface area (Å²) < 4.78 is 37.5. The van der Waals surface area contributed by atoms with Crippen molar-refractivity contribution < 1.29 is 18.0 Å². The summed E-state index contributed by atoms with van der Waals surface area (Å²) in [6.07, 6.45) is -4.31. The molecule has 0 atom stereocenters. The Morgan fingerprint density at radius 2 is 1.91 bits per heavy atom. The molecular weight excluding hydrogens is 327 g/mol. The molecule has 1 aromatic carbocycles. The Kier molecular flexibility index (Phi) is 5.38. The lowest BCUT2D eigenvalue weighted by Crippen LogP contribution is -2.17. The molecule has 23 heavy (non-hydrogen) atoms. The zero-order valence-electron chi connectivity index (χ0n) is 12.6. The van der Waals surface area contributed by atoms with E-state index in [2.05, 4.69) is 10.3 Å². The SMILES string of the molecule is CC(=O)Nc1nc(CN(C)Cc2ccc(C(F)(F)F)cc2)cs1. The monoisotopic (exact) mass is 343 g/mol. The molecule has 0 unspecified atom stereocenters. The molecule has 1 aromatic heterocycles. The average molecular weight is 343 g/mol.